The molecule has 4 heteroatoms. The second-order valence-electron chi connectivity index (χ2n) is 24.3. The summed E-state index contributed by atoms with van der Waals surface area (Å²) < 4.78 is 8.99. The first-order valence-electron chi connectivity index (χ1n) is 30.7. The van der Waals surface area contributed by atoms with Crippen LogP contribution in [0.15, 0.2) is 146 Å². The van der Waals surface area contributed by atoms with Crippen molar-refractivity contribution in [3.8, 4) is 45.0 Å². The highest BCUT2D eigenvalue weighted by Crippen LogP contribution is 2.37. The average Bonchev–Trinajstić information content (AvgIpc) is 4.00. The van der Waals surface area contributed by atoms with Crippen molar-refractivity contribution in [3.63, 3.8) is 0 Å². The van der Waals surface area contributed by atoms with Gasteiger partial charge < -0.3 is 0 Å². The average molecular weight is 1070 g/mol. The summed E-state index contributed by atoms with van der Waals surface area (Å²) in [4.78, 5) is 0. The van der Waals surface area contributed by atoms with Gasteiger partial charge in [0.2, 0.25) is 22.8 Å². The number of aryl methyl sites for hydroxylation is 12. The van der Waals surface area contributed by atoms with E-state index in [1.165, 1.54) is 158 Å². The molecule has 8 aromatic rings. The molecule has 2 fully saturated rings. The van der Waals surface area contributed by atoms with Crippen LogP contribution in [0.25, 0.3) is 45.0 Å². The van der Waals surface area contributed by atoms with E-state index in [1.807, 2.05) is 0 Å². The molecule has 80 heavy (non-hydrogen) atoms. The number of benzene rings is 4. The molecular weight excluding hydrogens is 969 g/mol. The lowest BCUT2D eigenvalue weighted by atomic mass is 9.83. The largest absolute Gasteiger partial charge is 0.212 e. The second-order valence-corrected chi connectivity index (χ2v) is 24.3. The minimum Gasteiger partial charge on any atom is -0.201 e. The topological polar surface area (TPSA) is 15.5 Å². The summed E-state index contributed by atoms with van der Waals surface area (Å²) in [6.45, 7) is 26.6. The predicted molar refractivity (Wildman–Crippen MR) is 339 cm³/mol. The summed E-state index contributed by atoms with van der Waals surface area (Å²) in [6.07, 6.45) is 24.8. The minimum absolute atomic E-state index is 0.573. The standard InChI is InChI=1S/C21H28N.C20H26N.C18H24N.C17H22N/c1-4-17-10-13-21(22(3)15-17)20-12-11-19(14-16(20)2)18-8-6-5-7-9-18;1-4-16-9-12-20(21(3)14-16)19-11-10-18(13-15(19)2)17-7-5-6-8-17;1-6-15-7-9-17(14(4)11-15)18-10-8-16(13(2)3)12-19(18)5;1-12(2)15-7-9-17(18(5)11-15)16-8-6-13(3)10-14(16)4/h10-15,18H,4-9H2,1-3H3;9-14,17H,4-8H2,1-3H3;7-13H,6H2,1-5H3;6-12H,1-5H3/q4*+1. The number of pyridine rings is 4. The van der Waals surface area contributed by atoms with E-state index in [-0.39, 0.29) is 0 Å². The van der Waals surface area contributed by atoms with Crippen LogP contribution < -0.4 is 18.3 Å². The van der Waals surface area contributed by atoms with Gasteiger partial charge in [-0.05, 0) is 191 Å². The number of nitrogens with zero attached hydrogens (tertiary/aromatic N) is 4. The third kappa shape index (κ3) is 15.7. The van der Waals surface area contributed by atoms with Crippen LogP contribution in [0, 0.1) is 34.6 Å². The Morgan fingerprint density at radius 3 is 1.01 bits per heavy atom. The molecule has 0 spiro atoms. The van der Waals surface area contributed by atoms with E-state index in [2.05, 4.69) is 276 Å². The number of hydrogen-bond acceptors (Lipinski definition) is 0. The highest BCUT2D eigenvalue weighted by atomic mass is 14.9. The fourth-order valence-corrected chi connectivity index (χ4v) is 12.3. The molecule has 4 nitrogen and oxygen atoms in total. The van der Waals surface area contributed by atoms with E-state index < -0.39 is 0 Å². The third-order valence-corrected chi connectivity index (χ3v) is 17.4. The molecule has 420 valence electrons. The van der Waals surface area contributed by atoms with Gasteiger partial charge in [0.05, 0.1) is 0 Å². The van der Waals surface area contributed by atoms with Crippen LogP contribution in [0.3, 0.4) is 0 Å². The summed E-state index contributed by atoms with van der Waals surface area (Å²) in [5, 5.41) is 0. The van der Waals surface area contributed by atoms with Gasteiger partial charge >= 0.3 is 0 Å². The van der Waals surface area contributed by atoms with Crippen LogP contribution in [0.5, 0.6) is 0 Å². The molecule has 0 atom stereocenters. The van der Waals surface area contributed by atoms with E-state index in [9.17, 15) is 0 Å². The minimum atomic E-state index is 0.573. The summed E-state index contributed by atoms with van der Waals surface area (Å²) >= 11 is 0. The number of rotatable bonds is 11. The molecule has 0 aliphatic heterocycles. The zero-order valence-electron chi connectivity index (χ0n) is 52.4. The maximum Gasteiger partial charge on any atom is 0.212 e. The summed E-state index contributed by atoms with van der Waals surface area (Å²) in [7, 11) is 8.57. The van der Waals surface area contributed by atoms with Gasteiger partial charge in [-0.15, -0.1) is 0 Å². The van der Waals surface area contributed by atoms with E-state index in [0.29, 0.717) is 11.8 Å². The zero-order valence-corrected chi connectivity index (χ0v) is 52.4. The first-order valence-corrected chi connectivity index (χ1v) is 30.7. The Morgan fingerprint density at radius 2 is 0.675 bits per heavy atom. The fourth-order valence-electron chi connectivity index (χ4n) is 12.3. The van der Waals surface area contributed by atoms with Crippen LogP contribution in [0.4, 0.5) is 0 Å². The molecule has 0 saturated heterocycles. The molecule has 10 rings (SSSR count). The smallest absolute Gasteiger partial charge is 0.201 e. The Hall–Kier alpha value is -6.52. The SMILES string of the molecule is CCc1ccc(-c2ccc(C(C)C)c[n+]2C)c(C)c1.CCc1ccc(-c2ccc(C3CCCC3)cc2C)[n+](C)c1.CCc1ccc(-c2ccc(C3CCCCC3)cc2C)[n+](C)c1.Cc1ccc(-c2ccc(C(C)C)c[n+]2C)c(C)c1. The molecule has 2 aliphatic rings. The molecular formula is C76H100N4+4. The fraction of sp³-hybridized carbons (Fsp3) is 0.421. The molecule has 0 radical (unpaired) electrons. The molecule has 4 aromatic carbocycles. The highest BCUT2D eigenvalue weighted by Gasteiger charge is 2.22. The molecule has 4 aromatic heterocycles. The quantitative estimate of drug-likeness (QED) is 0.115. The van der Waals surface area contributed by atoms with Crippen molar-refractivity contribution in [2.24, 2.45) is 28.2 Å². The van der Waals surface area contributed by atoms with Crippen molar-refractivity contribution in [1.29, 1.82) is 0 Å². The number of hydrogen-bond donors (Lipinski definition) is 0. The monoisotopic (exact) mass is 1070 g/mol. The number of aromatic nitrogens is 4. The molecule has 0 amide bonds. The van der Waals surface area contributed by atoms with E-state index in [1.54, 1.807) is 11.1 Å². The zero-order chi connectivity index (χ0) is 57.6. The maximum atomic E-state index is 2.43. The summed E-state index contributed by atoms with van der Waals surface area (Å²) in [6, 6.07) is 45.6. The molecule has 2 aliphatic carbocycles. The highest BCUT2D eigenvalue weighted by molar-refractivity contribution is 5.64. The Kier molecular flexibility index (Phi) is 22.0. The van der Waals surface area contributed by atoms with Crippen LogP contribution in [0.2, 0.25) is 0 Å². The Bertz CT molecular complexity index is 3320. The Balaban J connectivity index is 0.000000155. The van der Waals surface area contributed by atoms with Crippen LogP contribution in [-0.2, 0) is 47.5 Å². The van der Waals surface area contributed by atoms with Gasteiger partial charge in [-0.2, -0.15) is 0 Å². The van der Waals surface area contributed by atoms with Crippen LogP contribution >= 0.6 is 0 Å². The van der Waals surface area contributed by atoms with Gasteiger partial charge in [0.25, 0.3) is 0 Å². The van der Waals surface area contributed by atoms with Gasteiger partial charge in [-0.1, -0.05) is 135 Å². The molecule has 2 saturated carbocycles. The Labute approximate surface area is 485 Å². The lowest BCUT2D eigenvalue weighted by Crippen LogP contribution is -2.31. The van der Waals surface area contributed by atoms with Crippen molar-refractivity contribution in [3.05, 3.63) is 213 Å². The molecule has 0 bridgehead atoms. The maximum absolute atomic E-state index is 2.43. The van der Waals surface area contributed by atoms with Gasteiger partial charge in [0.15, 0.2) is 24.8 Å². The van der Waals surface area contributed by atoms with Gasteiger partial charge in [0.1, 0.15) is 28.2 Å². The normalized spacial score (nSPS) is 13.6. The second kappa shape index (κ2) is 28.8. The molecule has 4 heterocycles. The molecule has 0 N–H and O–H groups in total. The van der Waals surface area contributed by atoms with E-state index in [4.69, 9.17) is 0 Å². The van der Waals surface area contributed by atoms with E-state index in [0.717, 1.165) is 31.1 Å². The Morgan fingerprint density at radius 1 is 0.350 bits per heavy atom. The van der Waals surface area contributed by atoms with Crippen molar-refractivity contribution < 1.29 is 18.3 Å². The first kappa shape index (κ1) is 61.1. The van der Waals surface area contributed by atoms with Crippen molar-refractivity contribution in [1.82, 2.24) is 0 Å². The predicted octanol–water partition coefficient (Wildman–Crippen LogP) is 17.9. The summed E-state index contributed by atoms with van der Waals surface area (Å²) in [5.41, 5.74) is 27.4. The third-order valence-electron chi connectivity index (χ3n) is 17.4. The van der Waals surface area contributed by atoms with Gasteiger partial charge in [-0.3, -0.25) is 0 Å². The van der Waals surface area contributed by atoms with Crippen molar-refractivity contribution in [2.45, 2.75) is 184 Å². The van der Waals surface area contributed by atoms with Crippen LogP contribution in [-0.4, -0.2) is 0 Å². The first-order chi connectivity index (χ1) is 38.4. The van der Waals surface area contributed by atoms with Crippen molar-refractivity contribution >= 4 is 0 Å². The van der Waals surface area contributed by atoms with Gasteiger partial charge in [0, 0.05) is 68.8 Å². The van der Waals surface area contributed by atoms with Crippen molar-refractivity contribution in [2.75, 3.05) is 0 Å². The lowest BCUT2D eigenvalue weighted by molar-refractivity contribution is -0.661. The summed E-state index contributed by atoms with van der Waals surface area (Å²) in [5.74, 6) is 2.74. The molecule has 0 unspecified atom stereocenters. The lowest BCUT2D eigenvalue weighted by Gasteiger charge is -2.22. The van der Waals surface area contributed by atoms with E-state index >= 15 is 0 Å². The van der Waals surface area contributed by atoms with Gasteiger partial charge in [-0.25, -0.2) is 18.3 Å². The van der Waals surface area contributed by atoms with Crippen LogP contribution in [0.1, 0.15) is 197 Å².